The lowest BCUT2D eigenvalue weighted by atomic mass is 10.6. The molecule has 0 spiro atoms. The summed E-state index contributed by atoms with van der Waals surface area (Å²) in [4.78, 5) is 0. The number of ether oxygens (including phenoxy) is 2. The van der Waals surface area contributed by atoms with Crippen LogP contribution in [-0.2, 0) is 9.47 Å². The summed E-state index contributed by atoms with van der Waals surface area (Å²) in [6.45, 7) is 1.48. The molecule has 0 aromatic carbocycles. The Morgan fingerprint density at radius 2 is 1.92 bits per heavy atom. The molecule has 1 unspecified atom stereocenters. The average molecular weight is 179 g/mol. The van der Waals surface area contributed by atoms with Gasteiger partial charge in [0.1, 0.15) is 6.23 Å². The standard InChI is InChI=1S/C7H17NO4/c1-8-7(10)6-12-5-4-11-3-2-9/h7-10H,2-6H2,1H3. The van der Waals surface area contributed by atoms with Crippen LogP contribution in [0.15, 0.2) is 0 Å². The predicted molar refractivity (Wildman–Crippen MR) is 43.8 cm³/mol. The fourth-order valence-electron chi connectivity index (χ4n) is 0.563. The summed E-state index contributed by atoms with van der Waals surface area (Å²) in [5, 5.41) is 19.9. The van der Waals surface area contributed by atoms with Gasteiger partial charge in [0.25, 0.3) is 0 Å². The molecule has 74 valence electrons. The number of rotatable bonds is 8. The second-order valence-electron chi connectivity index (χ2n) is 2.22. The Bertz CT molecular complexity index is 91.5. The first-order chi connectivity index (χ1) is 5.81. The van der Waals surface area contributed by atoms with Gasteiger partial charge in [0.05, 0.1) is 33.0 Å². The van der Waals surface area contributed by atoms with Gasteiger partial charge in [-0.15, -0.1) is 0 Å². The van der Waals surface area contributed by atoms with Crippen LogP contribution in [0.2, 0.25) is 0 Å². The fourth-order valence-corrected chi connectivity index (χ4v) is 0.563. The van der Waals surface area contributed by atoms with Gasteiger partial charge in [-0.25, -0.2) is 0 Å². The highest BCUT2D eigenvalue weighted by atomic mass is 16.5. The summed E-state index contributed by atoms with van der Waals surface area (Å²) in [5.74, 6) is 0. The maximum atomic E-state index is 8.94. The molecule has 0 rings (SSSR count). The quantitative estimate of drug-likeness (QED) is 0.314. The Morgan fingerprint density at radius 3 is 2.50 bits per heavy atom. The molecule has 0 fully saturated rings. The number of hydrogen-bond donors (Lipinski definition) is 3. The van der Waals surface area contributed by atoms with E-state index in [4.69, 9.17) is 19.7 Å². The molecule has 0 aromatic heterocycles. The van der Waals surface area contributed by atoms with Crippen molar-refractivity contribution in [2.45, 2.75) is 6.23 Å². The molecule has 1 atom stereocenters. The van der Waals surface area contributed by atoms with Crippen molar-refractivity contribution in [2.24, 2.45) is 0 Å². The van der Waals surface area contributed by atoms with Gasteiger partial charge >= 0.3 is 0 Å². The van der Waals surface area contributed by atoms with E-state index in [0.29, 0.717) is 19.8 Å². The predicted octanol–water partition coefficient (Wildman–Crippen LogP) is -1.45. The number of aliphatic hydroxyl groups is 2. The highest BCUT2D eigenvalue weighted by Gasteiger charge is 1.97. The minimum atomic E-state index is -0.622. The third-order valence-electron chi connectivity index (χ3n) is 1.22. The molecule has 0 aliphatic rings. The van der Waals surface area contributed by atoms with Gasteiger partial charge in [-0.1, -0.05) is 0 Å². The van der Waals surface area contributed by atoms with Crippen LogP contribution in [0.1, 0.15) is 0 Å². The Labute approximate surface area is 72.3 Å². The number of nitrogens with one attached hydrogen (secondary N) is 1. The first-order valence-electron chi connectivity index (χ1n) is 3.93. The van der Waals surface area contributed by atoms with E-state index in [2.05, 4.69) is 5.32 Å². The van der Waals surface area contributed by atoms with Crippen LogP contribution < -0.4 is 5.32 Å². The van der Waals surface area contributed by atoms with Gasteiger partial charge in [0.2, 0.25) is 0 Å². The third kappa shape index (κ3) is 7.90. The minimum Gasteiger partial charge on any atom is -0.394 e. The normalized spacial score (nSPS) is 13.2. The van der Waals surface area contributed by atoms with Gasteiger partial charge in [-0.3, -0.25) is 5.32 Å². The zero-order chi connectivity index (χ0) is 9.23. The Morgan fingerprint density at radius 1 is 1.25 bits per heavy atom. The summed E-state index contributed by atoms with van der Waals surface area (Å²) < 4.78 is 9.93. The van der Waals surface area contributed by atoms with E-state index >= 15 is 0 Å². The van der Waals surface area contributed by atoms with E-state index in [0.717, 1.165) is 0 Å². The first-order valence-corrected chi connectivity index (χ1v) is 3.93. The lowest BCUT2D eigenvalue weighted by molar-refractivity contribution is -0.00943. The van der Waals surface area contributed by atoms with Crippen LogP contribution in [0, 0.1) is 0 Å². The lowest BCUT2D eigenvalue weighted by Crippen LogP contribution is -2.30. The average Bonchev–Trinajstić information content (AvgIpc) is 2.10. The number of hydrogen-bond acceptors (Lipinski definition) is 5. The zero-order valence-electron chi connectivity index (χ0n) is 7.32. The van der Waals surface area contributed by atoms with Gasteiger partial charge in [-0.2, -0.15) is 0 Å². The maximum absolute atomic E-state index is 8.94. The molecule has 12 heavy (non-hydrogen) atoms. The van der Waals surface area contributed by atoms with Crippen molar-refractivity contribution in [1.29, 1.82) is 0 Å². The van der Waals surface area contributed by atoms with Crippen molar-refractivity contribution in [3.05, 3.63) is 0 Å². The van der Waals surface area contributed by atoms with Crippen LogP contribution in [0.25, 0.3) is 0 Å². The lowest BCUT2D eigenvalue weighted by Gasteiger charge is -2.09. The fraction of sp³-hybridized carbons (Fsp3) is 1.00. The molecule has 0 saturated heterocycles. The molecule has 0 saturated carbocycles. The van der Waals surface area contributed by atoms with Crippen molar-refractivity contribution in [3.63, 3.8) is 0 Å². The molecule has 0 aliphatic heterocycles. The van der Waals surface area contributed by atoms with Crippen LogP contribution in [0.5, 0.6) is 0 Å². The molecule has 5 heteroatoms. The highest BCUT2D eigenvalue weighted by molar-refractivity contribution is 4.43. The highest BCUT2D eigenvalue weighted by Crippen LogP contribution is 1.81. The second kappa shape index (κ2) is 8.89. The van der Waals surface area contributed by atoms with Crippen LogP contribution in [-0.4, -0.2) is 56.5 Å². The largest absolute Gasteiger partial charge is 0.394 e. The molecule has 0 aliphatic carbocycles. The van der Waals surface area contributed by atoms with Crippen molar-refractivity contribution in [2.75, 3.05) is 40.1 Å². The maximum Gasteiger partial charge on any atom is 0.128 e. The summed E-state index contributed by atoms with van der Waals surface area (Å²) in [6, 6.07) is 0. The van der Waals surface area contributed by atoms with Crippen LogP contribution in [0.4, 0.5) is 0 Å². The molecular weight excluding hydrogens is 162 g/mol. The van der Waals surface area contributed by atoms with E-state index < -0.39 is 6.23 Å². The SMILES string of the molecule is CNC(O)COCCOCCO. The van der Waals surface area contributed by atoms with Gasteiger partial charge < -0.3 is 19.7 Å². The molecule has 0 amide bonds. The van der Waals surface area contributed by atoms with Crippen molar-refractivity contribution in [1.82, 2.24) is 5.32 Å². The molecule has 0 aromatic rings. The Hall–Kier alpha value is -0.200. The second-order valence-corrected chi connectivity index (χ2v) is 2.22. The monoisotopic (exact) mass is 179 g/mol. The van der Waals surface area contributed by atoms with E-state index in [-0.39, 0.29) is 13.2 Å². The zero-order valence-corrected chi connectivity index (χ0v) is 7.32. The van der Waals surface area contributed by atoms with E-state index in [1.165, 1.54) is 0 Å². The summed E-state index contributed by atoms with van der Waals surface area (Å²) in [7, 11) is 1.65. The van der Waals surface area contributed by atoms with Crippen LogP contribution in [0.3, 0.4) is 0 Å². The number of likely N-dealkylation sites (N-methyl/N-ethyl adjacent to an activating group) is 1. The third-order valence-corrected chi connectivity index (χ3v) is 1.22. The Balaban J connectivity index is 2.90. The summed E-state index contributed by atoms with van der Waals surface area (Å²) in [5.41, 5.74) is 0. The van der Waals surface area contributed by atoms with Crippen molar-refractivity contribution in [3.8, 4) is 0 Å². The van der Waals surface area contributed by atoms with Crippen molar-refractivity contribution >= 4 is 0 Å². The first kappa shape index (κ1) is 11.8. The van der Waals surface area contributed by atoms with Gasteiger partial charge in [0.15, 0.2) is 0 Å². The molecule has 5 nitrogen and oxygen atoms in total. The van der Waals surface area contributed by atoms with E-state index in [9.17, 15) is 0 Å². The van der Waals surface area contributed by atoms with E-state index in [1.54, 1.807) is 7.05 Å². The van der Waals surface area contributed by atoms with Gasteiger partial charge in [0, 0.05) is 0 Å². The minimum absolute atomic E-state index is 0.0269. The van der Waals surface area contributed by atoms with Gasteiger partial charge in [-0.05, 0) is 7.05 Å². The van der Waals surface area contributed by atoms with Crippen LogP contribution >= 0.6 is 0 Å². The topological polar surface area (TPSA) is 71.0 Å². The molecule has 0 heterocycles. The van der Waals surface area contributed by atoms with E-state index in [1.807, 2.05) is 0 Å². The Kier molecular flexibility index (Phi) is 8.74. The van der Waals surface area contributed by atoms with Crippen molar-refractivity contribution < 1.29 is 19.7 Å². The smallest absolute Gasteiger partial charge is 0.128 e. The summed E-state index contributed by atoms with van der Waals surface area (Å²) in [6.07, 6.45) is -0.622. The molecule has 0 radical (unpaired) electrons. The summed E-state index contributed by atoms with van der Waals surface area (Å²) >= 11 is 0. The molecular formula is C7H17NO4. The number of aliphatic hydroxyl groups excluding tert-OH is 2. The molecule has 3 N–H and O–H groups in total. The molecule has 0 bridgehead atoms.